The van der Waals surface area contributed by atoms with Crippen LogP contribution < -0.4 is 9.47 Å². The fourth-order valence-electron chi connectivity index (χ4n) is 3.41. The molecule has 2 aromatic carbocycles. The van der Waals surface area contributed by atoms with Crippen LogP contribution in [0.3, 0.4) is 0 Å². The van der Waals surface area contributed by atoms with Crippen LogP contribution in [0.2, 0.25) is 0 Å². The van der Waals surface area contributed by atoms with E-state index in [0.29, 0.717) is 5.92 Å². The molecule has 0 spiro atoms. The lowest BCUT2D eigenvalue weighted by molar-refractivity contribution is 0.221. The molecule has 3 rings (SSSR count). The molecule has 2 aromatic rings. The van der Waals surface area contributed by atoms with Gasteiger partial charge in [0, 0.05) is 0 Å². The van der Waals surface area contributed by atoms with E-state index in [4.69, 9.17) is 9.47 Å². The zero-order valence-corrected chi connectivity index (χ0v) is 16.0. The first-order valence-corrected chi connectivity index (χ1v) is 10.1. The molecular weight excluding hydrogens is 320 g/mol. The van der Waals surface area contributed by atoms with Crippen molar-refractivity contribution in [2.24, 2.45) is 5.92 Å². The van der Waals surface area contributed by atoms with Crippen molar-refractivity contribution in [1.82, 2.24) is 0 Å². The van der Waals surface area contributed by atoms with Gasteiger partial charge in [-0.05, 0) is 79.8 Å². The van der Waals surface area contributed by atoms with Gasteiger partial charge in [0.15, 0.2) is 0 Å². The van der Waals surface area contributed by atoms with Gasteiger partial charge in [0.05, 0.1) is 13.2 Å². The maximum atomic E-state index is 5.99. The highest BCUT2D eigenvalue weighted by molar-refractivity contribution is 5.64. The lowest BCUT2D eigenvalue weighted by atomic mass is 9.90. The third-order valence-electron chi connectivity index (χ3n) is 5.10. The third-order valence-corrected chi connectivity index (χ3v) is 5.10. The molecule has 1 saturated carbocycles. The van der Waals surface area contributed by atoms with Crippen molar-refractivity contribution in [2.75, 3.05) is 13.2 Å². The van der Waals surface area contributed by atoms with Crippen molar-refractivity contribution >= 4 is 0 Å². The van der Waals surface area contributed by atoms with E-state index in [1.54, 1.807) is 0 Å². The molecule has 0 saturated heterocycles. The van der Waals surface area contributed by atoms with E-state index in [9.17, 15) is 0 Å². The maximum absolute atomic E-state index is 5.99. The van der Waals surface area contributed by atoms with Crippen LogP contribution in [0, 0.1) is 12.3 Å². The average molecular weight is 352 g/mol. The lowest BCUT2D eigenvalue weighted by Gasteiger charge is -2.21. The molecule has 139 valence electrons. The number of unbranched alkanes of at least 4 members (excludes halogenated alkanes) is 2. The molecule has 0 amide bonds. The van der Waals surface area contributed by atoms with Gasteiger partial charge >= 0.3 is 0 Å². The molecule has 0 N–H and O–H groups in total. The molecule has 0 heterocycles. The molecule has 1 radical (unpaired) electrons. The smallest absolute Gasteiger partial charge is 0.119 e. The largest absolute Gasteiger partial charge is 0.494 e. The summed E-state index contributed by atoms with van der Waals surface area (Å²) in [4.78, 5) is 0. The van der Waals surface area contributed by atoms with Crippen LogP contribution in [-0.4, -0.2) is 13.2 Å². The summed E-state index contributed by atoms with van der Waals surface area (Å²) in [6.45, 7) is 3.86. The standard InChI is InChI=1S/C24H31O2/c1-2-3-7-18-25-23-14-10-21(11-15-23)22-12-16-24(17-13-22)26-19-20-8-5-4-6-9-20/h4,10-17,20H,2-3,5-9,18-19H2,1H3. The zero-order valence-electron chi connectivity index (χ0n) is 16.0. The molecule has 0 aliphatic heterocycles. The van der Waals surface area contributed by atoms with Crippen molar-refractivity contribution in [3.05, 3.63) is 55.0 Å². The Bertz CT molecular complexity index is 624. The molecule has 2 nitrogen and oxygen atoms in total. The fourth-order valence-corrected chi connectivity index (χ4v) is 3.41. The van der Waals surface area contributed by atoms with Crippen LogP contribution in [0.15, 0.2) is 48.5 Å². The number of ether oxygens (including phenoxy) is 2. The van der Waals surface area contributed by atoms with Gasteiger partial charge in [0.1, 0.15) is 11.5 Å². The second kappa shape index (κ2) is 10.3. The average Bonchev–Trinajstić information content (AvgIpc) is 2.71. The van der Waals surface area contributed by atoms with E-state index in [2.05, 4.69) is 61.9 Å². The summed E-state index contributed by atoms with van der Waals surface area (Å²) >= 11 is 0. The summed E-state index contributed by atoms with van der Waals surface area (Å²) in [6.07, 6.45) is 11.0. The van der Waals surface area contributed by atoms with Gasteiger partial charge in [0.2, 0.25) is 0 Å². The Morgan fingerprint density at radius 2 is 1.35 bits per heavy atom. The highest BCUT2D eigenvalue weighted by atomic mass is 16.5. The lowest BCUT2D eigenvalue weighted by Crippen LogP contribution is -2.15. The maximum Gasteiger partial charge on any atom is 0.119 e. The van der Waals surface area contributed by atoms with E-state index >= 15 is 0 Å². The number of hydrogen-bond donors (Lipinski definition) is 0. The minimum absolute atomic E-state index is 0.713. The quantitative estimate of drug-likeness (QED) is 0.468. The molecule has 2 heteroatoms. The van der Waals surface area contributed by atoms with Crippen LogP contribution in [0.25, 0.3) is 11.1 Å². The minimum Gasteiger partial charge on any atom is -0.494 e. The summed E-state index contributed by atoms with van der Waals surface area (Å²) in [7, 11) is 0. The van der Waals surface area contributed by atoms with E-state index in [0.717, 1.165) is 31.1 Å². The molecule has 1 aliphatic rings. The Kier molecular flexibility index (Phi) is 7.42. The highest BCUT2D eigenvalue weighted by Crippen LogP contribution is 2.27. The monoisotopic (exact) mass is 351 g/mol. The number of benzene rings is 2. The van der Waals surface area contributed by atoms with Crippen LogP contribution in [-0.2, 0) is 0 Å². The topological polar surface area (TPSA) is 18.5 Å². The Morgan fingerprint density at radius 1 is 0.769 bits per heavy atom. The summed E-state index contributed by atoms with van der Waals surface area (Å²) in [5, 5.41) is 0. The molecule has 26 heavy (non-hydrogen) atoms. The summed E-state index contributed by atoms with van der Waals surface area (Å²) in [6, 6.07) is 16.8. The molecular formula is C24H31O2. The van der Waals surface area contributed by atoms with Crippen molar-refractivity contribution < 1.29 is 9.47 Å². The van der Waals surface area contributed by atoms with E-state index in [-0.39, 0.29) is 0 Å². The SMILES string of the molecule is CCCCCOc1ccc(-c2ccc(OCC3CC[CH]CC3)cc2)cc1. The Morgan fingerprint density at radius 3 is 1.92 bits per heavy atom. The normalized spacial score (nSPS) is 15.0. The first-order valence-electron chi connectivity index (χ1n) is 10.1. The molecule has 0 bridgehead atoms. The van der Waals surface area contributed by atoms with Crippen molar-refractivity contribution in [1.29, 1.82) is 0 Å². The summed E-state index contributed by atoms with van der Waals surface area (Å²) < 4.78 is 11.8. The van der Waals surface area contributed by atoms with E-state index in [1.807, 2.05) is 0 Å². The van der Waals surface area contributed by atoms with Crippen LogP contribution in [0.1, 0.15) is 51.9 Å². The van der Waals surface area contributed by atoms with Crippen molar-refractivity contribution in [2.45, 2.75) is 51.9 Å². The molecule has 1 aliphatic carbocycles. The number of hydrogen-bond acceptors (Lipinski definition) is 2. The molecule has 1 fully saturated rings. The zero-order chi connectivity index (χ0) is 18.0. The Hall–Kier alpha value is -1.96. The second-order valence-electron chi connectivity index (χ2n) is 7.22. The second-order valence-corrected chi connectivity index (χ2v) is 7.22. The predicted octanol–water partition coefficient (Wildman–Crippen LogP) is 6.70. The van der Waals surface area contributed by atoms with Gasteiger partial charge < -0.3 is 9.47 Å². The Labute approximate surface area is 158 Å². The van der Waals surface area contributed by atoms with Crippen LogP contribution in [0.4, 0.5) is 0 Å². The van der Waals surface area contributed by atoms with Gasteiger partial charge in [-0.1, -0.05) is 44.0 Å². The van der Waals surface area contributed by atoms with Crippen molar-refractivity contribution in [3.63, 3.8) is 0 Å². The van der Waals surface area contributed by atoms with Crippen LogP contribution in [0.5, 0.6) is 11.5 Å². The minimum atomic E-state index is 0.713. The molecule has 0 aromatic heterocycles. The van der Waals surface area contributed by atoms with E-state index < -0.39 is 0 Å². The number of rotatable bonds is 9. The van der Waals surface area contributed by atoms with Gasteiger partial charge in [-0.2, -0.15) is 0 Å². The van der Waals surface area contributed by atoms with Gasteiger partial charge in [-0.3, -0.25) is 0 Å². The Balaban J connectivity index is 1.49. The molecule has 0 atom stereocenters. The summed E-state index contributed by atoms with van der Waals surface area (Å²) in [5.74, 6) is 2.64. The summed E-state index contributed by atoms with van der Waals surface area (Å²) in [5.41, 5.74) is 2.42. The van der Waals surface area contributed by atoms with E-state index in [1.165, 1.54) is 49.7 Å². The van der Waals surface area contributed by atoms with Crippen LogP contribution >= 0.6 is 0 Å². The molecule has 0 unspecified atom stereocenters. The van der Waals surface area contributed by atoms with Gasteiger partial charge in [-0.25, -0.2) is 0 Å². The van der Waals surface area contributed by atoms with Gasteiger partial charge in [-0.15, -0.1) is 0 Å². The third kappa shape index (κ3) is 5.79. The first-order chi connectivity index (χ1) is 12.8. The first kappa shape index (κ1) is 18.8. The fraction of sp³-hybridized carbons (Fsp3) is 0.458. The highest BCUT2D eigenvalue weighted by Gasteiger charge is 2.14. The van der Waals surface area contributed by atoms with Gasteiger partial charge in [0.25, 0.3) is 0 Å². The predicted molar refractivity (Wildman–Crippen MR) is 109 cm³/mol. The van der Waals surface area contributed by atoms with Crippen molar-refractivity contribution in [3.8, 4) is 22.6 Å².